The first-order valence-corrected chi connectivity index (χ1v) is 8.98. The molecule has 0 fully saturated rings. The Morgan fingerprint density at radius 2 is 1.33 bits per heavy atom. The largest absolute Gasteiger partial charge is 0.464 e. The van der Waals surface area contributed by atoms with Crippen LogP contribution in [0.2, 0.25) is 0 Å². The van der Waals surface area contributed by atoms with E-state index in [1.165, 1.54) is 0 Å². The van der Waals surface area contributed by atoms with Crippen LogP contribution >= 0.6 is 0 Å². The predicted octanol–water partition coefficient (Wildman–Crippen LogP) is 3.97. The Balaban J connectivity index is 2.14. The molecule has 0 spiro atoms. The highest BCUT2D eigenvalue weighted by Crippen LogP contribution is 2.35. The summed E-state index contributed by atoms with van der Waals surface area (Å²) in [6.07, 6.45) is 0. The summed E-state index contributed by atoms with van der Waals surface area (Å²) in [6, 6.07) is 26.7. The molecule has 1 atom stereocenters. The van der Waals surface area contributed by atoms with Crippen LogP contribution in [0.15, 0.2) is 91.0 Å². The van der Waals surface area contributed by atoms with Gasteiger partial charge in [-0.1, -0.05) is 78.9 Å². The van der Waals surface area contributed by atoms with Crippen molar-refractivity contribution in [2.45, 2.75) is 18.6 Å². The van der Waals surface area contributed by atoms with Crippen molar-refractivity contribution in [1.29, 1.82) is 0 Å². The van der Waals surface area contributed by atoms with Crippen molar-refractivity contribution < 1.29 is 14.6 Å². The molecule has 27 heavy (non-hydrogen) atoms. The van der Waals surface area contributed by atoms with E-state index in [-0.39, 0.29) is 6.61 Å². The zero-order valence-corrected chi connectivity index (χ0v) is 15.2. The van der Waals surface area contributed by atoms with Crippen LogP contribution in [0.1, 0.15) is 18.1 Å². The molecule has 0 bridgehead atoms. The van der Waals surface area contributed by atoms with Gasteiger partial charge in [-0.15, -0.1) is 0 Å². The molecule has 0 aromatic heterocycles. The van der Waals surface area contributed by atoms with Crippen molar-refractivity contribution in [2.75, 3.05) is 11.9 Å². The fourth-order valence-corrected chi connectivity index (χ4v) is 3.15. The van der Waals surface area contributed by atoms with E-state index in [4.69, 9.17) is 4.74 Å². The number of anilines is 1. The molecule has 0 heterocycles. The molecule has 0 aliphatic rings. The molecule has 0 saturated carbocycles. The molecule has 4 heteroatoms. The highest BCUT2D eigenvalue weighted by atomic mass is 16.5. The van der Waals surface area contributed by atoms with Crippen molar-refractivity contribution in [3.63, 3.8) is 0 Å². The van der Waals surface area contributed by atoms with Gasteiger partial charge in [0.1, 0.15) is 5.60 Å². The van der Waals surface area contributed by atoms with Crippen molar-refractivity contribution in [3.05, 3.63) is 102 Å². The van der Waals surface area contributed by atoms with E-state index in [0.717, 1.165) is 5.69 Å². The number of carbonyl (C=O) groups is 1. The third-order valence-corrected chi connectivity index (χ3v) is 4.45. The van der Waals surface area contributed by atoms with Crippen molar-refractivity contribution in [1.82, 2.24) is 0 Å². The summed E-state index contributed by atoms with van der Waals surface area (Å²) in [5.74, 6) is -0.517. The van der Waals surface area contributed by atoms with Crippen LogP contribution in [0.5, 0.6) is 0 Å². The Labute approximate surface area is 159 Å². The Morgan fingerprint density at radius 1 is 0.889 bits per heavy atom. The lowest BCUT2D eigenvalue weighted by Gasteiger charge is -2.36. The lowest BCUT2D eigenvalue weighted by molar-refractivity contribution is -0.149. The lowest BCUT2D eigenvalue weighted by Crippen LogP contribution is -2.51. The third kappa shape index (κ3) is 4.01. The van der Waals surface area contributed by atoms with E-state index < -0.39 is 17.6 Å². The molecule has 0 aliphatic carbocycles. The van der Waals surface area contributed by atoms with Crippen LogP contribution in [0.3, 0.4) is 0 Å². The van der Waals surface area contributed by atoms with Gasteiger partial charge in [0, 0.05) is 5.69 Å². The molecular formula is C23H23NO3. The van der Waals surface area contributed by atoms with Crippen LogP contribution in [0.4, 0.5) is 5.69 Å². The number of nitrogens with one attached hydrogen (secondary N) is 1. The third-order valence-electron chi connectivity index (χ3n) is 4.45. The average Bonchev–Trinajstić information content (AvgIpc) is 2.73. The fourth-order valence-electron chi connectivity index (χ4n) is 3.15. The van der Waals surface area contributed by atoms with Gasteiger partial charge in [0.2, 0.25) is 0 Å². The van der Waals surface area contributed by atoms with Gasteiger partial charge in [0.05, 0.1) is 6.61 Å². The molecule has 0 aliphatic heterocycles. The molecule has 0 radical (unpaired) electrons. The molecule has 0 saturated heterocycles. The molecule has 0 amide bonds. The molecule has 1 unspecified atom stereocenters. The van der Waals surface area contributed by atoms with Crippen LogP contribution in [0, 0.1) is 0 Å². The number of benzene rings is 3. The minimum Gasteiger partial charge on any atom is -0.464 e. The zero-order valence-electron chi connectivity index (χ0n) is 15.2. The molecule has 3 aromatic rings. The molecule has 4 nitrogen and oxygen atoms in total. The average molecular weight is 361 g/mol. The number of para-hydroxylation sites is 1. The predicted molar refractivity (Wildman–Crippen MR) is 106 cm³/mol. The van der Waals surface area contributed by atoms with E-state index in [9.17, 15) is 9.90 Å². The minimum atomic E-state index is -1.61. The zero-order chi connectivity index (χ0) is 19.1. The van der Waals surface area contributed by atoms with Crippen molar-refractivity contribution >= 4 is 11.7 Å². The maximum Gasteiger partial charge on any atom is 0.332 e. The van der Waals surface area contributed by atoms with E-state index in [0.29, 0.717) is 11.1 Å². The van der Waals surface area contributed by atoms with E-state index in [1.807, 2.05) is 91.0 Å². The van der Waals surface area contributed by atoms with E-state index >= 15 is 0 Å². The number of hydrogen-bond donors (Lipinski definition) is 2. The second kappa shape index (κ2) is 8.52. The number of hydrogen-bond acceptors (Lipinski definition) is 4. The highest BCUT2D eigenvalue weighted by Gasteiger charge is 2.45. The number of carbonyl (C=O) groups excluding carboxylic acids is 1. The van der Waals surface area contributed by atoms with Gasteiger partial charge in [-0.05, 0) is 30.2 Å². The number of ether oxygens (including phenoxy) is 1. The monoisotopic (exact) mass is 361 g/mol. The Hall–Kier alpha value is -3.11. The molecule has 3 rings (SSSR count). The first-order chi connectivity index (χ1) is 13.2. The summed E-state index contributed by atoms with van der Waals surface area (Å²) >= 11 is 0. The SMILES string of the molecule is CCOC(=O)C(Nc1ccccc1)C(O)(c1ccccc1)c1ccccc1. The van der Waals surface area contributed by atoms with E-state index in [2.05, 4.69) is 5.32 Å². The van der Waals surface area contributed by atoms with Crippen molar-refractivity contribution in [2.24, 2.45) is 0 Å². The first kappa shape index (κ1) is 18.7. The van der Waals surface area contributed by atoms with Gasteiger partial charge in [-0.3, -0.25) is 0 Å². The highest BCUT2D eigenvalue weighted by molar-refractivity contribution is 5.82. The van der Waals surface area contributed by atoms with Gasteiger partial charge in [0.25, 0.3) is 0 Å². The van der Waals surface area contributed by atoms with Gasteiger partial charge in [0.15, 0.2) is 6.04 Å². The van der Waals surface area contributed by atoms with E-state index in [1.54, 1.807) is 6.92 Å². The van der Waals surface area contributed by atoms with Gasteiger partial charge in [-0.25, -0.2) is 4.79 Å². The number of rotatable bonds is 7. The fraction of sp³-hybridized carbons (Fsp3) is 0.174. The lowest BCUT2D eigenvalue weighted by atomic mass is 9.80. The van der Waals surface area contributed by atoms with Crippen LogP contribution in [-0.4, -0.2) is 23.7 Å². The second-order valence-electron chi connectivity index (χ2n) is 6.19. The van der Waals surface area contributed by atoms with Crippen LogP contribution in [-0.2, 0) is 15.1 Å². The quantitative estimate of drug-likeness (QED) is 0.625. The topological polar surface area (TPSA) is 58.6 Å². The number of aliphatic hydroxyl groups is 1. The molecule has 2 N–H and O–H groups in total. The normalized spacial score (nSPS) is 12.2. The standard InChI is InChI=1S/C23H23NO3/c1-2-27-22(25)21(24-20-16-10-5-11-17-20)23(26,18-12-6-3-7-13-18)19-14-8-4-9-15-19/h3-17,21,24,26H,2H2,1H3. The second-order valence-corrected chi connectivity index (χ2v) is 6.19. The summed E-state index contributed by atoms with van der Waals surface area (Å²) < 4.78 is 5.30. The maximum absolute atomic E-state index is 12.9. The Kier molecular flexibility index (Phi) is 5.89. The summed E-state index contributed by atoms with van der Waals surface area (Å²) in [4.78, 5) is 12.9. The Morgan fingerprint density at radius 3 is 1.78 bits per heavy atom. The summed E-state index contributed by atoms with van der Waals surface area (Å²) in [5, 5.41) is 15.1. The molecular weight excluding hydrogens is 338 g/mol. The van der Waals surface area contributed by atoms with Gasteiger partial charge in [-0.2, -0.15) is 0 Å². The summed E-state index contributed by atoms with van der Waals surface area (Å²) in [5.41, 5.74) is 0.334. The summed E-state index contributed by atoms with van der Waals surface area (Å²) in [6.45, 7) is 1.98. The van der Waals surface area contributed by atoms with Gasteiger partial charge < -0.3 is 15.2 Å². The smallest absolute Gasteiger partial charge is 0.332 e. The number of esters is 1. The molecule has 138 valence electrons. The molecule has 3 aromatic carbocycles. The first-order valence-electron chi connectivity index (χ1n) is 8.98. The van der Waals surface area contributed by atoms with Gasteiger partial charge >= 0.3 is 5.97 Å². The van der Waals surface area contributed by atoms with Crippen LogP contribution < -0.4 is 5.32 Å². The Bertz CT molecular complexity index is 811. The van der Waals surface area contributed by atoms with Crippen LogP contribution in [0.25, 0.3) is 0 Å². The van der Waals surface area contributed by atoms with Crippen molar-refractivity contribution in [3.8, 4) is 0 Å². The summed E-state index contributed by atoms with van der Waals surface area (Å²) in [7, 11) is 0. The maximum atomic E-state index is 12.9. The minimum absolute atomic E-state index is 0.228.